The fraction of sp³-hybridized carbons (Fsp3) is 0.269. The summed E-state index contributed by atoms with van der Waals surface area (Å²) in [7, 11) is -3.49. The first kappa shape index (κ1) is 24.0. The third kappa shape index (κ3) is 3.94. The largest absolute Gasteiger partial charge is 0.360 e. The number of hydrogen-bond donors (Lipinski definition) is 0. The van der Waals surface area contributed by atoms with Crippen molar-refractivity contribution in [1.29, 1.82) is 0 Å². The molecule has 0 unspecified atom stereocenters. The molecule has 8 nitrogen and oxygen atoms in total. The summed E-state index contributed by atoms with van der Waals surface area (Å²) in [6.07, 6.45) is 7.39. The first-order valence-electron chi connectivity index (χ1n) is 11.5. The minimum atomic E-state index is -3.49. The van der Waals surface area contributed by atoms with E-state index in [1.165, 1.54) is 11.1 Å². The van der Waals surface area contributed by atoms with Crippen molar-refractivity contribution in [2.24, 2.45) is 0 Å². The van der Waals surface area contributed by atoms with Gasteiger partial charge in [-0.3, -0.25) is 14.7 Å². The molecule has 0 N–H and O–H groups in total. The average molecular weight is 518 g/mol. The second-order valence-electron chi connectivity index (χ2n) is 9.01. The normalized spacial score (nSPS) is 16.8. The lowest BCUT2D eigenvalue weighted by atomic mass is 9.75. The molecule has 1 amide bonds. The van der Waals surface area contributed by atoms with Crippen LogP contribution in [0.2, 0.25) is 0 Å². The van der Waals surface area contributed by atoms with E-state index in [-0.39, 0.29) is 22.4 Å². The highest BCUT2D eigenvalue weighted by Crippen LogP contribution is 2.48. The van der Waals surface area contributed by atoms with Crippen LogP contribution < -0.4 is 9.80 Å². The number of anilines is 2. The summed E-state index contributed by atoms with van der Waals surface area (Å²) >= 11 is 5.78. The van der Waals surface area contributed by atoms with Crippen molar-refractivity contribution in [2.45, 2.75) is 43.0 Å². The molecule has 1 aromatic carbocycles. The third-order valence-electron chi connectivity index (χ3n) is 6.86. The molecular formula is C26H23N5O3S2. The van der Waals surface area contributed by atoms with Gasteiger partial charge in [0.2, 0.25) is 0 Å². The lowest BCUT2D eigenvalue weighted by Crippen LogP contribution is -2.55. The van der Waals surface area contributed by atoms with Crippen molar-refractivity contribution in [3.8, 4) is 0 Å². The number of carbonyl (C=O) groups is 1. The molecule has 182 valence electrons. The van der Waals surface area contributed by atoms with Crippen LogP contribution in [-0.4, -0.2) is 40.7 Å². The molecule has 2 aromatic heterocycles. The van der Waals surface area contributed by atoms with E-state index < -0.39 is 15.4 Å². The standard InChI is InChI=1S/C26H23N5O3S2/c1-18-16-21(17-29-23(18)27-2)30-24(32)26(11-3-12-26)31(25(30)35)20-4-6-22(7-5-20)36(33,34)15-10-19-8-13-28-14-9-19/h4-9,13-14,16-17H,3,10-12,15H2,1H3. The fourth-order valence-electron chi connectivity index (χ4n) is 4.72. The Morgan fingerprint density at radius 1 is 1.11 bits per heavy atom. The predicted molar refractivity (Wildman–Crippen MR) is 141 cm³/mol. The molecule has 0 radical (unpaired) electrons. The zero-order valence-electron chi connectivity index (χ0n) is 19.6. The third-order valence-corrected chi connectivity index (χ3v) is 8.95. The minimum absolute atomic E-state index is 0.0123. The number of hydrogen-bond acceptors (Lipinski definition) is 6. The van der Waals surface area contributed by atoms with Gasteiger partial charge in [-0.2, -0.15) is 0 Å². The summed E-state index contributed by atoms with van der Waals surface area (Å²) in [5, 5.41) is 0.324. The molecule has 0 atom stereocenters. The van der Waals surface area contributed by atoms with Crippen LogP contribution >= 0.6 is 12.2 Å². The summed E-state index contributed by atoms with van der Waals surface area (Å²) in [5.74, 6) is 0.151. The average Bonchev–Trinajstić information content (AvgIpc) is 3.10. The number of carbonyl (C=O) groups excluding carboxylic acids is 1. The zero-order chi connectivity index (χ0) is 25.5. The zero-order valence-corrected chi connectivity index (χ0v) is 21.2. The van der Waals surface area contributed by atoms with E-state index in [0.717, 1.165) is 12.0 Å². The van der Waals surface area contributed by atoms with Gasteiger partial charge >= 0.3 is 0 Å². The van der Waals surface area contributed by atoms with Gasteiger partial charge in [-0.05, 0) is 98.4 Å². The maximum Gasteiger partial charge on any atom is 0.272 e. The second kappa shape index (κ2) is 9.08. The van der Waals surface area contributed by atoms with Crippen LogP contribution in [0.1, 0.15) is 30.4 Å². The van der Waals surface area contributed by atoms with Gasteiger partial charge in [0.15, 0.2) is 14.9 Å². The molecule has 36 heavy (non-hydrogen) atoms. The Morgan fingerprint density at radius 3 is 2.39 bits per heavy atom. The summed E-state index contributed by atoms with van der Waals surface area (Å²) in [4.78, 5) is 28.7. The highest BCUT2D eigenvalue weighted by molar-refractivity contribution is 7.91. The van der Waals surface area contributed by atoms with Crippen molar-refractivity contribution in [2.75, 3.05) is 15.6 Å². The van der Waals surface area contributed by atoms with Gasteiger partial charge < -0.3 is 9.74 Å². The summed E-state index contributed by atoms with van der Waals surface area (Å²) in [6, 6.07) is 12.0. The van der Waals surface area contributed by atoms with Gasteiger partial charge in [0.1, 0.15) is 11.7 Å². The van der Waals surface area contributed by atoms with Crippen molar-refractivity contribution in [3.63, 3.8) is 0 Å². The molecule has 3 heterocycles. The van der Waals surface area contributed by atoms with E-state index in [0.29, 0.717) is 41.3 Å². The summed E-state index contributed by atoms with van der Waals surface area (Å²) < 4.78 is 25.9. The van der Waals surface area contributed by atoms with Crippen molar-refractivity contribution >= 4 is 50.3 Å². The van der Waals surface area contributed by atoms with Crippen molar-refractivity contribution < 1.29 is 13.2 Å². The number of pyridine rings is 2. The van der Waals surface area contributed by atoms with Gasteiger partial charge in [0.25, 0.3) is 11.7 Å². The summed E-state index contributed by atoms with van der Waals surface area (Å²) in [6.45, 7) is 9.00. The quantitative estimate of drug-likeness (QED) is 0.353. The van der Waals surface area contributed by atoms with E-state index >= 15 is 0 Å². The van der Waals surface area contributed by atoms with E-state index in [2.05, 4.69) is 14.8 Å². The van der Waals surface area contributed by atoms with Crippen LogP contribution in [0.25, 0.3) is 4.85 Å². The van der Waals surface area contributed by atoms with Crippen molar-refractivity contribution in [1.82, 2.24) is 9.97 Å². The highest BCUT2D eigenvalue weighted by Gasteiger charge is 2.59. The lowest BCUT2D eigenvalue weighted by Gasteiger charge is -2.43. The van der Waals surface area contributed by atoms with Crippen LogP contribution in [0.3, 0.4) is 0 Å². The molecule has 1 saturated heterocycles. The molecule has 2 fully saturated rings. The molecule has 2 aliphatic rings. The van der Waals surface area contributed by atoms with E-state index in [9.17, 15) is 13.2 Å². The maximum absolute atomic E-state index is 13.6. The fourth-order valence-corrected chi connectivity index (χ4v) is 6.48. The van der Waals surface area contributed by atoms with Gasteiger partial charge in [-0.25, -0.2) is 8.42 Å². The van der Waals surface area contributed by atoms with E-state index in [4.69, 9.17) is 18.8 Å². The lowest BCUT2D eigenvalue weighted by molar-refractivity contribution is -0.123. The highest BCUT2D eigenvalue weighted by atomic mass is 32.2. The number of aryl methyl sites for hydroxylation is 2. The van der Waals surface area contributed by atoms with Gasteiger partial charge in [-0.1, -0.05) is 6.57 Å². The Morgan fingerprint density at radius 2 is 1.81 bits per heavy atom. The first-order chi connectivity index (χ1) is 17.3. The molecule has 1 saturated carbocycles. The molecule has 5 rings (SSSR count). The Balaban J connectivity index is 1.42. The predicted octanol–water partition coefficient (Wildman–Crippen LogP) is 4.41. The van der Waals surface area contributed by atoms with Crippen LogP contribution in [-0.2, 0) is 21.1 Å². The maximum atomic E-state index is 13.6. The van der Waals surface area contributed by atoms with Gasteiger partial charge in [-0.15, -0.1) is 4.98 Å². The van der Waals surface area contributed by atoms with Crippen LogP contribution in [0.4, 0.5) is 17.2 Å². The Hall–Kier alpha value is -3.68. The number of sulfone groups is 1. The number of aromatic nitrogens is 2. The van der Waals surface area contributed by atoms with Crippen molar-refractivity contribution in [3.05, 3.63) is 83.6 Å². The summed E-state index contributed by atoms with van der Waals surface area (Å²) in [5.41, 5.74) is 1.99. The SMILES string of the molecule is [C-]#[N+]c1ncc(N2C(=O)C3(CCC3)N(c3ccc(S(=O)(=O)CCc4ccncc4)cc3)C2=S)cc1C. The topological polar surface area (TPSA) is 87.8 Å². The van der Waals surface area contributed by atoms with Crippen LogP contribution in [0, 0.1) is 13.5 Å². The number of amides is 1. The molecule has 1 aliphatic carbocycles. The molecule has 10 heteroatoms. The van der Waals surface area contributed by atoms with E-state index in [1.54, 1.807) is 61.8 Å². The first-order valence-corrected chi connectivity index (χ1v) is 13.6. The Kier molecular flexibility index (Phi) is 6.06. The Bertz CT molecular complexity index is 1490. The minimum Gasteiger partial charge on any atom is -0.360 e. The number of rotatable bonds is 6. The molecule has 3 aromatic rings. The monoisotopic (exact) mass is 517 g/mol. The Labute approximate surface area is 215 Å². The van der Waals surface area contributed by atoms with Crippen LogP contribution in [0.15, 0.2) is 66.0 Å². The van der Waals surface area contributed by atoms with Gasteiger partial charge in [0, 0.05) is 18.1 Å². The van der Waals surface area contributed by atoms with E-state index in [1.807, 2.05) is 4.90 Å². The number of benzene rings is 1. The molecule has 1 aliphatic heterocycles. The van der Waals surface area contributed by atoms with Crippen LogP contribution in [0.5, 0.6) is 0 Å². The molecule has 0 bridgehead atoms. The smallest absolute Gasteiger partial charge is 0.272 e. The molecule has 1 spiro atoms. The van der Waals surface area contributed by atoms with Gasteiger partial charge in [0.05, 0.1) is 16.3 Å². The number of thiocarbonyl (C=S) groups is 1. The second-order valence-corrected chi connectivity index (χ2v) is 11.5. The molecular weight excluding hydrogens is 494 g/mol. The number of nitrogens with zero attached hydrogens (tertiary/aromatic N) is 5.